The van der Waals surface area contributed by atoms with Gasteiger partial charge in [0.1, 0.15) is 12.0 Å². The van der Waals surface area contributed by atoms with Gasteiger partial charge < -0.3 is 15.0 Å². The quantitative estimate of drug-likeness (QED) is 0.701. The summed E-state index contributed by atoms with van der Waals surface area (Å²) in [5.41, 5.74) is 2.20. The maximum Gasteiger partial charge on any atom is 0.257 e. The lowest BCUT2D eigenvalue weighted by Gasteiger charge is -2.34. The molecule has 1 amide bonds. The second kappa shape index (κ2) is 10.0. The number of halogens is 1. The van der Waals surface area contributed by atoms with Crippen molar-refractivity contribution in [3.05, 3.63) is 46.9 Å². The van der Waals surface area contributed by atoms with Crippen LogP contribution in [-0.2, 0) is 4.74 Å². The van der Waals surface area contributed by atoms with Gasteiger partial charge in [-0.15, -0.1) is 0 Å². The molecule has 1 aliphatic rings. The lowest BCUT2D eigenvalue weighted by atomic mass is 10.00. The molecule has 3 rings (SSSR count). The number of nitrogens with one attached hydrogen (secondary N) is 1. The summed E-state index contributed by atoms with van der Waals surface area (Å²) in [6.45, 7) is 7.59. The van der Waals surface area contributed by atoms with Crippen molar-refractivity contribution in [3.8, 4) is 0 Å². The lowest BCUT2D eigenvalue weighted by molar-refractivity contribution is -0.0671. The van der Waals surface area contributed by atoms with Crippen LogP contribution >= 0.6 is 11.6 Å². The molecule has 6 nitrogen and oxygen atoms in total. The third-order valence-corrected chi connectivity index (χ3v) is 5.65. The summed E-state index contributed by atoms with van der Waals surface area (Å²) in [6, 6.07) is 5.50. The number of aryl methyl sites for hydroxylation is 1. The molecule has 156 valence electrons. The minimum absolute atomic E-state index is 0.0817. The van der Waals surface area contributed by atoms with Gasteiger partial charge in [0.2, 0.25) is 0 Å². The van der Waals surface area contributed by atoms with Gasteiger partial charge in [0.05, 0.1) is 22.5 Å². The van der Waals surface area contributed by atoms with Crippen LogP contribution in [-0.4, -0.2) is 40.2 Å². The van der Waals surface area contributed by atoms with Gasteiger partial charge in [0.25, 0.3) is 5.91 Å². The molecule has 0 aliphatic carbocycles. The number of hydrogen-bond acceptors (Lipinski definition) is 5. The molecular formula is C22H29ClN4O2. The monoisotopic (exact) mass is 416 g/mol. The number of nitrogens with zero attached hydrogens (tertiary/aromatic N) is 3. The molecule has 1 saturated heterocycles. The number of pyridine rings is 2. The first-order chi connectivity index (χ1) is 14.0. The Morgan fingerprint density at radius 3 is 2.72 bits per heavy atom. The van der Waals surface area contributed by atoms with Crippen LogP contribution in [0.5, 0.6) is 0 Å². The Kier molecular flexibility index (Phi) is 7.45. The van der Waals surface area contributed by atoms with Crippen molar-refractivity contribution in [2.24, 2.45) is 5.92 Å². The number of hydrogen-bond donors (Lipinski definition) is 1. The number of rotatable bonds is 6. The van der Waals surface area contributed by atoms with Crippen molar-refractivity contribution >= 4 is 29.0 Å². The lowest BCUT2D eigenvalue weighted by Crippen LogP contribution is -2.45. The fourth-order valence-corrected chi connectivity index (χ4v) is 3.81. The summed E-state index contributed by atoms with van der Waals surface area (Å²) < 4.78 is 6.08. The molecule has 29 heavy (non-hydrogen) atoms. The van der Waals surface area contributed by atoms with Crippen molar-refractivity contribution in [3.63, 3.8) is 0 Å². The summed E-state index contributed by atoms with van der Waals surface area (Å²) in [4.78, 5) is 23.8. The zero-order chi connectivity index (χ0) is 20.8. The molecule has 0 aromatic carbocycles. The third-order valence-electron chi connectivity index (χ3n) is 5.36. The molecular weight excluding hydrogens is 388 g/mol. The highest BCUT2D eigenvalue weighted by molar-refractivity contribution is 6.33. The average molecular weight is 417 g/mol. The minimum atomic E-state index is -0.199. The van der Waals surface area contributed by atoms with Crippen molar-refractivity contribution in [1.29, 1.82) is 0 Å². The molecule has 0 saturated carbocycles. The molecule has 2 aromatic heterocycles. The maximum atomic E-state index is 13.3. The predicted octanol–water partition coefficient (Wildman–Crippen LogP) is 5.20. The van der Waals surface area contributed by atoms with Crippen molar-refractivity contribution in [2.45, 2.75) is 52.7 Å². The summed E-state index contributed by atoms with van der Waals surface area (Å²) in [7, 11) is 0. The molecule has 1 fully saturated rings. The Hall–Kier alpha value is -2.18. The first kappa shape index (κ1) is 21.5. The van der Waals surface area contributed by atoms with Crippen LogP contribution in [0.15, 0.2) is 30.6 Å². The largest absolute Gasteiger partial charge is 0.358 e. The molecule has 0 bridgehead atoms. The highest BCUT2D eigenvalue weighted by atomic mass is 35.5. The normalized spacial score (nSPS) is 17.3. The Bertz CT molecular complexity index is 824. The first-order valence-electron chi connectivity index (χ1n) is 10.3. The molecule has 1 unspecified atom stereocenters. The van der Waals surface area contributed by atoms with E-state index in [0.717, 1.165) is 37.1 Å². The van der Waals surface area contributed by atoms with Gasteiger partial charge in [-0.3, -0.25) is 9.78 Å². The van der Waals surface area contributed by atoms with Crippen LogP contribution in [0.25, 0.3) is 0 Å². The number of ether oxygens (including phenoxy) is 1. The molecule has 2 aromatic rings. The van der Waals surface area contributed by atoms with E-state index in [9.17, 15) is 4.79 Å². The Morgan fingerprint density at radius 2 is 2.07 bits per heavy atom. The van der Waals surface area contributed by atoms with E-state index in [4.69, 9.17) is 16.3 Å². The van der Waals surface area contributed by atoms with Crippen LogP contribution in [0.4, 0.5) is 11.5 Å². The van der Waals surface area contributed by atoms with E-state index in [0.29, 0.717) is 35.5 Å². The van der Waals surface area contributed by atoms with Crippen LogP contribution in [0.1, 0.15) is 55.6 Å². The van der Waals surface area contributed by atoms with Crippen molar-refractivity contribution in [2.75, 3.05) is 18.5 Å². The summed E-state index contributed by atoms with van der Waals surface area (Å²) >= 11 is 6.43. The minimum Gasteiger partial charge on any atom is -0.358 e. The highest BCUT2D eigenvalue weighted by Crippen LogP contribution is 2.28. The standard InChI is InChI=1S/C22H29ClN4O2/c1-4-16(5-2)22-27(10-6-7-11-29-22)21(28)17-12-19(23)20(25-13-17)26-18-9-8-15(3)24-14-18/h8-9,12-14,16,22H,4-7,10-11H2,1-3H3,(H,25,26). The first-order valence-corrected chi connectivity index (χ1v) is 10.7. The topological polar surface area (TPSA) is 67.3 Å². The van der Waals surface area contributed by atoms with Gasteiger partial charge in [-0.05, 0) is 50.8 Å². The van der Waals surface area contributed by atoms with E-state index in [1.807, 2.05) is 24.0 Å². The van der Waals surface area contributed by atoms with Gasteiger partial charge in [0.15, 0.2) is 0 Å². The number of amides is 1. The molecule has 1 atom stereocenters. The third kappa shape index (κ3) is 5.25. The molecule has 1 N–H and O–H groups in total. The number of carbonyl (C=O) groups excluding carboxylic acids is 1. The average Bonchev–Trinajstić information content (AvgIpc) is 2.98. The zero-order valence-electron chi connectivity index (χ0n) is 17.3. The number of carbonyl (C=O) groups is 1. The summed E-state index contributed by atoms with van der Waals surface area (Å²) in [6.07, 6.45) is 6.94. The molecule has 3 heterocycles. The van der Waals surface area contributed by atoms with Gasteiger partial charge in [0, 0.05) is 31.0 Å². The van der Waals surface area contributed by atoms with Gasteiger partial charge >= 0.3 is 0 Å². The van der Waals surface area contributed by atoms with Crippen LogP contribution in [0.3, 0.4) is 0 Å². The molecule has 0 radical (unpaired) electrons. The summed E-state index contributed by atoms with van der Waals surface area (Å²) in [5, 5.41) is 3.54. The van der Waals surface area contributed by atoms with Crippen molar-refractivity contribution in [1.82, 2.24) is 14.9 Å². The van der Waals surface area contributed by atoms with E-state index in [1.54, 1.807) is 18.5 Å². The van der Waals surface area contributed by atoms with E-state index >= 15 is 0 Å². The van der Waals surface area contributed by atoms with Crippen LogP contribution < -0.4 is 5.32 Å². The molecule has 7 heteroatoms. The number of aromatic nitrogens is 2. The maximum absolute atomic E-state index is 13.3. The van der Waals surface area contributed by atoms with Gasteiger partial charge in [-0.25, -0.2) is 4.98 Å². The second-order valence-electron chi connectivity index (χ2n) is 7.41. The van der Waals surface area contributed by atoms with Gasteiger partial charge in [-0.2, -0.15) is 0 Å². The van der Waals surface area contributed by atoms with Gasteiger partial charge in [-0.1, -0.05) is 25.4 Å². The van der Waals surface area contributed by atoms with E-state index in [2.05, 4.69) is 29.1 Å². The zero-order valence-corrected chi connectivity index (χ0v) is 18.1. The fourth-order valence-electron chi connectivity index (χ4n) is 3.60. The van der Waals surface area contributed by atoms with Crippen molar-refractivity contribution < 1.29 is 9.53 Å². The van der Waals surface area contributed by atoms with E-state index in [1.165, 1.54) is 0 Å². The second-order valence-corrected chi connectivity index (χ2v) is 7.82. The Morgan fingerprint density at radius 1 is 1.28 bits per heavy atom. The predicted molar refractivity (Wildman–Crippen MR) is 116 cm³/mol. The molecule has 0 spiro atoms. The van der Waals surface area contributed by atoms with E-state index in [-0.39, 0.29) is 12.1 Å². The Labute approximate surface area is 177 Å². The number of anilines is 2. The SMILES string of the molecule is CCC(CC)C1OCCCCN1C(=O)c1cnc(Nc2ccc(C)nc2)c(Cl)c1. The van der Waals surface area contributed by atoms with Crippen LogP contribution in [0, 0.1) is 12.8 Å². The smallest absolute Gasteiger partial charge is 0.257 e. The Balaban J connectivity index is 1.80. The van der Waals surface area contributed by atoms with Crippen LogP contribution in [0.2, 0.25) is 5.02 Å². The van der Waals surface area contributed by atoms with E-state index < -0.39 is 0 Å². The fraction of sp³-hybridized carbons (Fsp3) is 0.500. The highest BCUT2D eigenvalue weighted by Gasteiger charge is 2.32. The summed E-state index contributed by atoms with van der Waals surface area (Å²) in [5.74, 6) is 0.731. The molecule has 1 aliphatic heterocycles.